The minimum absolute atomic E-state index is 0.357. The monoisotopic (exact) mass is 273 g/mol. The SMILES string of the molecule is NC(Cc1sccc1Br)CC1CCC1. The number of hydrogen-bond acceptors (Lipinski definition) is 2. The molecule has 14 heavy (non-hydrogen) atoms. The smallest absolute Gasteiger partial charge is 0.0314 e. The number of thiophene rings is 1. The van der Waals surface area contributed by atoms with E-state index in [0.717, 1.165) is 12.3 Å². The summed E-state index contributed by atoms with van der Waals surface area (Å²) in [5.41, 5.74) is 6.13. The van der Waals surface area contributed by atoms with E-state index >= 15 is 0 Å². The molecule has 1 nitrogen and oxygen atoms in total. The van der Waals surface area contributed by atoms with Gasteiger partial charge in [0.25, 0.3) is 0 Å². The maximum absolute atomic E-state index is 6.13. The molecule has 0 amide bonds. The molecule has 1 aliphatic carbocycles. The second-order valence-electron chi connectivity index (χ2n) is 4.19. The van der Waals surface area contributed by atoms with Crippen molar-refractivity contribution in [3.8, 4) is 0 Å². The second-order valence-corrected chi connectivity index (χ2v) is 6.04. The second kappa shape index (κ2) is 4.77. The lowest BCUT2D eigenvalue weighted by Crippen LogP contribution is -2.28. The standard InChI is InChI=1S/C11H16BrNS/c12-10-4-5-14-11(10)7-9(13)6-8-2-1-3-8/h4-5,8-9H,1-3,6-7,13H2. The zero-order chi connectivity index (χ0) is 9.97. The van der Waals surface area contributed by atoms with Crippen LogP contribution in [0.2, 0.25) is 0 Å². The van der Waals surface area contributed by atoms with Gasteiger partial charge in [-0.25, -0.2) is 0 Å². The first kappa shape index (κ1) is 10.7. The Morgan fingerprint density at radius 2 is 2.36 bits per heavy atom. The van der Waals surface area contributed by atoms with Gasteiger partial charge in [-0.15, -0.1) is 11.3 Å². The molecule has 1 aromatic heterocycles. The maximum Gasteiger partial charge on any atom is 0.0314 e. The molecule has 0 bridgehead atoms. The minimum atomic E-state index is 0.357. The van der Waals surface area contributed by atoms with Crippen LogP contribution in [-0.4, -0.2) is 6.04 Å². The number of nitrogens with two attached hydrogens (primary N) is 1. The van der Waals surface area contributed by atoms with Gasteiger partial charge in [0.05, 0.1) is 0 Å². The lowest BCUT2D eigenvalue weighted by molar-refractivity contribution is 0.276. The highest BCUT2D eigenvalue weighted by atomic mass is 79.9. The van der Waals surface area contributed by atoms with Crippen LogP contribution < -0.4 is 5.73 Å². The highest BCUT2D eigenvalue weighted by Gasteiger charge is 2.20. The van der Waals surface area contributed by atoms with Gasteiger partial charge in [-0.1, -0.05) is 19.3 Å². The largest absolute Gasteiger partial charge is 0.327 e. The van der Waals surface area contributed by atoms with Gasteiger partial charge >= 0.3 is 0 Å². The van der Waals surface area contributed by atoms with Crippen LogP contribution in [-0.2, 0) is 6.42 Å². The average Bonchev–Trinajstić information content (AvgIpc) is 2.45. The van der Waals surface area contributed by atoms with Crippen molar-refractivity contribution in [1.82, 2.24) is 0 Å². The quantitative estimate of drug-likeness (QED) is 0.892. The van der Waals surface area contributed by atoms with E-state index in [0.29, 0.717) is 6.04 Å². The van der Waals surface area contributed by atoms with Crippen molar-refractivity contribution in [3.63, 3.8) is 0 Å². The highest BCUT2D eigenvalue weighted by Crippen LogP contribution is 2.31. The molecule has 2 rings (SSSR count). The molecule has 0 saturated heterocycles. The van der Waals surface area contributed by atoms with Crippen molar-refractivity contribution in [1.29, 1.82) is 0 Å². The third-order valence-corrected chi connectivity index (χ3v) is 4.95. The van der Waals surface area contributed by atoms with E-state index in [1.807, 2.05) is 0 Å². The molecule has 0 spiro atoms. The molecule has 1 unspecified atom stereocenters. The van der Waals surface area contributed by atoms with E-state index in [2.05, 4.69) is 27.4 Å². The fourth-order valence-corrected chi connectivity index (χ4v) is 3.56. The Labute approximate surface area is 97.8 Å². The fraction of sp³-hybridized carbons (Fsp3) is 0.636. The maximum atomic E-state index is 6.13. The Bertz CT molecular complexity index is 293. The number of rotatable bonds is 4. The zero-order valence-corrected chi connectivity index (χ0v) is 10.6. The normalized spacial score (nSPS) is 19.3. The molecule has 1 aliphatic rings. The summed E-state index contributed by atoms with van der Waals surface area (Å²) in [6, 6.07) is 2.46. The van der Waals surface area contributed by atoms with Crippen LogP contribution in [0.3, 0.4) is 0 Å². The lowest BCUT2D eigenvalue weighted by atomic mass is 9.80. The van der Waals surface area contributed by atoms with Crippen LogP contribution >= 0.6 is 27.3 Å². The van der Waals surface area contributed by atoms with Crippen LogP contribution in [0.25, 0.3) is 0 Å². The van der Waals surface area contributed by atoms with Crippen LogP contribution in [0.1, 0.15) is 30.6 Å². The third-order valence-electron chi connectivity index (χ3n) is 3.00. The first-order valence-electron chi connectivity index (χ1n) is 5.23. The summed E-state index contributed by atoms with van der Waals surface area (Å²) in [5, 5.41) is 2.12. The molecule has 2 N–H and O–H groups in total. The molecule has 0 aliphatic heterocycles. The summed E-state index contributed by atoms with van der Waals surface area (Å²) in [6.07, 6.45) is 6.47. The summed E-state index contributed by atoms with van der Waals surface area (Å²) in [6.45, 7) is 0. The molecule has 1 saturated carbocycles. The summed E-state index contributed by atoms with van der Waals surface area (Å²) in [4.78, 5) is 1.40. The summed E-state index contributed by atoms with van der Waals surface area (Å²) < 4.78 is 1.23. The molecule has 0 aromatic carbocycles. The predicted molar refractivity (Wildman–Crippen MR) is 65.7 cm³/mol. The van der Waals surface area contributed by atoms with Gasteiger partial charge in [0.15, 0.2) is 0 Å². The molecule has 1 fully saturated rings. The molecule has 0 radical (unpaired) electrons. The van der Waals surface area contributed by atoms with E-state index in [9.17, 15) is 0 Å². The van der Waals surface area contributed by atoms with Gasteiger partial charge in [0, 0.05) is 15.4 Å². The summed E-state index contributed by atoms with van der Waals surface area (Å²) in [7, 11) is 0. The molecule has 1 heterocycles. The van der Waals surface area contributed by atoms with E-state index in [1.54, 1.807) is 11.3 Å². The summed E-state index contributed by atoms with van der Waals surface area (Å²) in [5.74, 6) is 0.920. The van der Waals surface area contributed by atoms with Crippen LogP contribution in [0.4, 0.5) is 0 Å². The summed E-state index contributed by atoms with van der Waals surface area (Å²) >= 11 is 5.35. The Balaban J connectivity index is 1.81. The predicted octanol–water partition coefficient (Wildman–Crippen LogP) is 3.57. The van der Waals surface area contributed by atoms with Crippen molar-refractivity contribution in [3.05, 3.63) is 20.8 Å². The van der Waals surface area contributed by atoms with Crippen molar-refractivity contribution in [2.75, 3.05) is 0 Å². The van der Waals surface area contributed by atoms with E-state index in [4.69, 9.17) is 5.73 Å². The van der Waals surface area contributed by atoms with Crippen molar-refractivity contribution < 1.29 is 0 Å². The number of hydrogen-bond donors (Lipinski definition) is 1. The van der Waals surface area contributed by atoms with Crippen LogP contribution in [0.5, 0.6) is 0 Å². The highest BCUT2D eigenvalue weighted by molar-refractivity contribution is 9.10. The van der Waals surface area contributed by atoms with E-state index in [-0.39, 0.29) is 0 Å². The van der Waals surface area contributed by atoms with Gasteiger partial charge in [-0.3, -0.25) is 0 Å². The first-order chi connectivity index (χ1) is 6.75. The fourth-order valence-electron chi connectivity index (χ4n) is 1.95. The van der Waals surface area contributed by atoms with Crippen molar-refractivity contribution >= 4 is 27.3 Å². The minimum Gasteiger partial charge on any atom is -0.327 e. The molecular weight excluding hydrogens is 258 g/mol. The van der Waals surface area contributed by atoms with Crippen LogP contribution in [0.15, 0.2) is 15.9 Å². The third kappa shape index (κ3) is 2.59. The number of halogens is 1. The molecule has 3 heteroatoms. The van der Waals surface area contributed by atoms with Gasteiger partial charge < -0.3 is 5.73 Å². The first-order valence-corrected chi connectivity index (χ1v) is 6.90. The molecule has 78 valence electrons. The van der Waals surface area contributed by atoms with Gasteiger partial charge in [-0.2, -0.15) is 0 Å². The molecule has 1 atom stereocenters. The van der Waals surface area contributed by atoms with Crippen molar-refractivity contribution in [2.24, 2.45) is 11.7 Å². The Kier molecular flexibility index (Phi) is 3.63. The van der Waals surface area contributed by atoms with E-state index < -0.39 is 0 Å². The average molecular weight is 274 g/mol. The molecular formula is C11H16BrNS. The zero-order valence-electron chi connectivity index (χ0n) is 8.21. The Morgan fingerprint density at radius 1 is 1.57 bits per heavy atom. The van der Waals surface area contributed by atoms with Gasteiger partial charge in [-0.05, 0) is 46.1 Å². The Hall–Kier alpha value is 0.140. The van der Waals surface area contributed by atoms with E-state index in [1.165, 1.54) is 35.0 Å². The molecule has 1 aromatic rings. The van der Waals surface area contributed by atoms with Crippen LogP contribution in [0, 0.1) is 5.92 Å². The van der Waals surface area contributed by atoms with Gasteiger partial charge in [0.1, 0.15) is 0 Å². The topological polar surface area (TPSA) is 26.0 Å². The Morgan fingerprint density at radius 3 is 2.86 bits per heavy atom. The van der Waals surface area contributed by atoms with Gasteiger partial charge in [0.2, 0.25) is 0 Å². The lowest BCUT2D eigenvalue weighted by Gasteiger charge is -2.27. The van der Waals surface area contributed by atoms with Crippen molar-refractivity contribution in [2.45, 2.75) is 38.1 Å².